The van der Waals surface area contributed by atoms with E-state index in [0.29, 0.717) is 6.54 Å². The molecule has 12 heteroatoms. The summed E-state index contributed by atoms with van der Waals surface area (Å²) in [7, 11) is 0. The molecule has 2 N–H and O–H groups in total. The number of rotatable bonds is 6. The molecule has 3 rings (SSSR count). The lowest BCUT2D eigenvalue weighted by Crippen LogP contribution is -2.34. The van der Waals surface area contributed by atoms with Crippen LogP contribution in [0.3, 0.4) is 0 Å². The number of carbonyl (C=O) groups excluding carboxylic acids is 1. The fourth-order valence-electron chi connectivity index (χ4n) is 3.39. The number of aromatic amines is 1. The predicted octanol–water partition coefficient (Wildman–Crippen LogP) is 3.48. The van der Waals surface area contributed by atoms with Crippen molar-refractivity contribution in [1.29, 1.82) is 0 Å². The lowest BCUT2D eigenvalue weighted by molar-refractivity contribution is -0.275. The topological polar surface area (TPSA) is 87.3 Å². The molecule has 0 spiro atoms. The van der Waals surface area contributed by atoms with Gasteiger partial charge < -0.3 is 15.0 Å². The third-order valence-corrected chi connectivity index (χ3v) is 4.89. The number of hydrogen-bond acceptors (Lipinski definition) is 5. The van der Waals surface area contributed by atoms with Crippen LogP contribution in [-0.4, -0.2) is 41.5 Å². The van der Waals surface area contributed by atoms with Crippen LogP contribution >= 0.6 is 0 Å². The van der Waals surface area contributed by atoms with E-state index in [0.717, 1.165) is 18.2 Å². The third-order valence-electron chi connectivity index (χ3n) is 4.89. The minimum absolute atomic E-state index is 0.0360. The van der Waals surface area contributed by atoms with Crippen LogP contribution in [0.4, 0.5) is 27.9 Å². The molecule has 1 aromatic carbocycles. The summed E-state index contributed by atoms with van der Waals surface area (Å²) in [6, 6.07) is 3.04. The fourth-order valence-corrected chi connectivity index (χ4v) is 3.39. The highest BCUT2D eigenvalue weighted by Crippen LogP contribution is 2.30. The van der Waals surface area contributed by atoms with Gasteiger partial charge in [-0.1, -0.05) is 19.9 Å². The fraction of sp³-hybridized carbons (Fsp3) is 0.450. The van der Waals surface area contributed by atoms with Crippen molar-refractivity contribution >= 4 is 11.9 Å². The molecule has 2 aromatic rings. The van der Waals surface area contributed by atoms with Crippen molar-refractivity contribution in [3.63, 3.8) is 0 Å². The van der Waals surface area contributed by atoms with Crippen molar-refractivity contribution in [2.45, 2.75) is 38.8 Å². The Morgan fingerprint density at radius 1 is 1.31 bits per heavy atom. The van der Waals surface area contributed by atoms with Crippen molar-refractivity contribution in [3.05, 3.63) is 51.7 Å². The predicted molar refractivity (Wildman–Crippen MR) is 105 cm³/mol. The Kier molecular flexibility index (Phi) is 6.70. The van der Waals surface area contributed by atoms with E-state index >= 15 is 0 Å². The maximum Gasteiger partial charge on any atom is 0.573 e. The van der Waals surface area contributed by atoms with Crippen molar-refractivity contribution < 1.29 is 31.5 Å². The Labute approximate surface area is 179 Å². The van der Waals surface area contributed by atoms with Crippen LogP contribution in [0.1, 0.15) is 42.4 Å². The van der Waals surface area contributed by atoms with Crippen LogP contribution in [0.25, 0.3) is 0 Å². The summed E-state index contributed by atoms with van der Waals surface area (Å²) in [6.45, 7) is 3.79. The summed E-state index contributed by atoms with van der Waals surface area (Å²) in [5.74, 6) is -3.22. The van der Waals surface area contributed by atoms with E-state index in [4.69, 9.17) is 0 Å². The minimum Gasteiger partial charge on any atom is -0.403 e. The number of anilines is 1. The number of hydrogen-bond donors (Lipinski definition) is 2. The molecule has 174 valence electrons. The summed E-state index contributed by atoms with van der Waals surface area (Å²) in [6.07, 6.45) is -5.84. The Morgan fingerprint density at radius 3 is 2.59 bits per heavy atom. The maximum atomic E-state index is 14.1. The number of amides is 1. The molecule has 0 aliphatic carbocycles. The molecule has 2 atom stereocenters. The van der Waals surface area contributed by atoms with Gasteiger partial charge in [-0.2, -0.15) is 0 Å². The second-order valence-corrected chi connectivity index (χ2v) is 7.72. The van der Waals surface area contributed by atoms with Crippen molar-refractivity contribution in [3.8, 4) is 5.75 Å². The van der Waals surface area contributed by atoms with Gasteiger partial charge in [0, 0.05) is 12.6 Å². The van der Waals surface area contributed by atoms with Gasteiger partial charge in [-0.15, -0.1) is 13.2 Å². The standard InChI is InChI=1S/C20H21F5N4O3/c1-10(2)17(11-3-4-15(13(22)7-11)32-20(23,24)25)28-18(31)14-8-16(30)27-19(26-14)29-6-5-12(21)9-29/h3-4,7-8,10,12,17H,5-6,9H2,1-2H3,(H,28,31)(H,26,27,30)/t12-,17?/m0/s1. The Balaban J connectivity index is 1.82. The first-order valence-electron chi connectivity index (χ1n) is 9.79. The number of aromatic nitrogens is 2. The molecule has 1 saturated heterocycles. The van der Waals surface area contributed by atoms with E-state index < -0.39 is 41.6 Å². The zero-order chi connectivity index (χ0) is 23.6. The average Bonchev–Trinajstić information content (AvgIpc) is 3.12. The maximum absolute atomic E-state index is 14.1. The van der Waals surface area contributed by atoms with Gasteiger partial charge in [0.15, 0.2) is 11.6 Å². The van der Waals surface area contributed by atoms with E-state index in [9.17, 15) is 31.5 Å². The van der Waals surface area contributed by atoms with E-state index in [1.165, 1.54) is 11.0 Å². The molecule has 32 heavy (non-hydrogen) atoms. The summed E-state index contributed by atoms with van der Waals surface area (Å²) in [5, 5.41) is 2.62. The van der Waals surface area contributed by atoms with E-state index in [-0.39, 0.29) is 36.1 Å². The smallest absolute Gasteiger partial charge is 0.403 e. The Hall–Kier alpha value is -3.18. The lowest BCUT2D eigenvalue weighted by atomic mass is 9.95. The number of nitrogens with zero attached hydrogens (tertiary/aromatic N) is 2. The largest absolute Gasteiger partial charge is 0.573 e. The number of alkyl halides is 4. The summed E-state index contributed by atoms with van der Waals surface area (Å²) in [4.78, 5) is 32.8. The highest BCUT2D eigenvalue weighted by molar-refractivity contribution is 5.92. The van der Waals surface area contributed by atoms with E-state index in [2.05, 4.69) is 20.0 Å². The molecular weight excluding hydrogens is 439 g/mol. The van der Waals surface area contributed by atoms with Crippen LogP contribution in [0.2, 0.25) is 0 Å². The first kappa shape index (κ1) is 23.5. The van der Waals surface area contributed by atoms with Gasteiger partial charge in [-0.3, -0.25) is 14.6 Å². The molecule has 1 aromatic heterocycles. The average molecular weight is 460 g/mol. The molecule has 1 aliphatic rings. The van der Waals surface area contributed by atoms with E-state index in [1.54, 1.807) is 13.8 Å². The SMILES string of the molecule is CC(C)C(NC(=O)c1cc(=O)[nH]c(N2CC[C@H](F)C2)n1)c1ccc(OC(F)(F)F)c(F)c1. The molecule has 1 fully saturated rings. The number of halogens is 5. The molecule has 1 unspecified atom stereocenters. The second-order valence-electron chi connectivity index (χ2n) is 7.72. The molecule has 0 saturated carbocycles. The van der Waals surface area contributed by atoms with Gasteiger partial charge in [0.25, 0.3) is 11.5 Å². The number of ether oxygens (including phenoxy) is 1. The Morgan fingerprint density at radius 2 is 2.03 bits per heavy atom. The number of H-pyrrole nitrogens is 1. The quantitative estimate of drug-likeness (QED) is 0.645. The van der Waals surface area contributed by atoms with Gasteiger partial charge >= 0.3 is 6.36 Å². The molecular formula is C20H21F5N4O3. The van der Waals surface area contributed by atoms with Crippen LogP contribution in [-0.2, 0) is 0 Å². The number of benzene rings is 1. The molecule has 1 amide bonds. The van der Waals surface area contributed by atoms with Crippen molar-refractivity contribution in [1.82, 2.24) is 15.3 Å². The zero-order valence-electron chi connectivity index (χ0n) is 17.2. The molecule has 2 heterocycles. The molecule has 0 bridgehead atoms. The van der Waals surface area contributed by atoms with Gasteiger partial charge in [-0.05, 0) is 30.0 Å². The summed E-state index contributed by atoms with van der Waals surface area (Å²) in [5.41, 5.74) is -0.636. The second kappa shape index (κ2) is 9.13. The molecule has 1 aliphatic heterocycles. The van der Waals surface area contributed by atoms with Gasteiger partial charge in [0.2, 0.25) is 5.95 Å². The lowest BCUT2D eigenvalue weighted by Gasteiger charge is -2.23. The Bertz CT molecular complexity index is 1040. The first-order valence-corrected chi connectivity index (χ1v) is 9.79. The van der Waals surface area contributed by atoms with Crippen LogP contribution in [0, 0.1) is 11.7 Å². The van der Waals surface area contributed by atoms with Gasteiger partial charge in [0.1, 0.15) is 11.9 Å². The summed E-state index contributed by atoms with van der Waals surface area (Å²) >= 11 is 0. The minimum atomic E-state index is -5.05. The number of carbonyl (C=O) groups is 1. The number of nitrogens with one attached hydrogen (secondary N) is 2. The normalized spacial score (nSPS) is 17.5. The highest BCUT2D eigenvalue weighted by Gasteiger charge is 2.33. The van der Waals surface area contributed by atoms with Gasteiger partial charge in [-0.25, -0.2) is 13.8 Å². The molecule has 7 nitrogen and oxygen atoms in total. The van der Waals surface area contributed by atoms with Crippen LogP contribution in [0.15, 0.2) is 29.1 Å². The molecule has 0 radical (unpaired) electrons. The van der Waals surface area contributed by atoms with E-state index in [1.807, 2.05) is 0 Å². The van der Waals surface area contributed by atoms with Gasteiger partial charge in [0.05, 0.1) is 12.6 Å². The van der Waals surface area contributed by atoms with Crippen LogP contribution < -0.4 is 20.5 Å². The van der Waals surface area contributed by atoms with Crippen LogP contribution in [0.5, 0.6) is 5.75 Å². The van der Waals surface area contributed by atoms with Crippen molar-refractivity contribution in [2.24, 2.45) is 5.92 Å². The third kappa shape index (κ3) is 5.74. The highest BCUT2D eigenvalue weighted by atomic mass is 19.4. The summed E-state index contributed by atoms with van der Waals surface area (Å²) < 4.78 is 68.3. The first-order chi connectivity index (χ1) is 14.9. The zero-order valence-corrected chi connectivity index (χ0v) is 17.2. The monoisotopic (exact) mass is 460 g/mol. The van der Waals surface area contributed by atoms with Crippen molar-refractivity contribution in [2.75, 3.05) is 18.0 Å².